The zero-order valence-electron chi connectivity index (χ0n) is 9.70. The summed E-state index contributed by atoms with van der Waals surface area (Å²) in [6.45, 7) is 5.13. The Hall–Kier alpha value is -1.77. The first-order valence-electron chi connectivity index (χ1n) is 5.58. The maximum atomic E-state index is 4.16. The van der Waals surface area contributed by atoms with Gasteiger partial charge in [0.1, 0.15) is 5.82 Å². The molecule has 0 amide bonds. The normalized spacial score (nSPS) is 10.7. The van der Waals surface area contributed by atoms with Gasteiger partial charge in [-0.15, -0.1) is 0 Å². The third kappa shape index (κ3) is 2.63. The van der Waals surface area contributed by atoms with Gasteiger partial charge < -0.3 is 10.3 Å². The van der Waals surface area contributed by atoms with E-state index in [2.05, 4.69) is 53.4 Å². The molecule has 0 unspecified atom stereocenters. The average Bonchev–Trinajstić information content (AvgIpc) is 2.80. The Balaban J connectivity index is 1.95. The summed E-state index contributed by atoms with van der Waals surface area (Å²) in [5.74, 6) is 1.53. The fourth-order valence-electron chi connectivity index (χ4n) is 1.57. The van der Waals surface area contributed by atoms with Crippen LogP contribution in [0.5, 0.6) is 0 Å². The van der Waals surface area contributed by atoms with Gasteiger partial charge in [-0.3, -0.25) is 0 Å². The lowest BCUT2D eigenvalue weighted by Crippen LogP contribution is -2.01. The van der Waals surface area contributed by atoms with Gasteiger partial charge in [0.15, 0.2) is 0 Å². The molecule has 84 valence electrons. The molecule has 0 saturated heterocycles. The molecule has 0 fully saturated rings. The Morgan fingerprint density at radius 3 is 2.56 bits per heavy atom. The highest BCUT2D eigenvalue weighted by Crippen LogP contribution is 2.17. The second-order valence-electron chi connectivity index (χ2n) is 4.17. The number of benzene rings is 1. The minimum atomic E-state index is 0.583. The van der Waals surface area contributed by atoms with Gasteiger partial charge in [-0.25, -0.2) is 4.98 Å². The fraction of sp³-hybridized carbons (Fsp3) is 0.308. The van der Waals surface area contributed by atoms with Crippen molar-refractivity contribution >= 4 is 5.69 Å². The molecule has 2 rings (SSSR count). The lowest BCUT2D eigenvalue weighted by molar-refractivity contribution is 0.866. The second kappa shape index (κ2) is 4.84. The van der Waals surface area contributed by atoms with Crippen molar-refractivity contribution in [2.45, 2.75) is 26.3 Å². The number of nitrogens with zero attached hydrogens (tertiary/aromatic N) is 1. The molecule has 0 aliphatic heterocycles. The lowest BCUT2D eigenvalue weighted by atomic mass is 10.0. The first-order valence-corrected chi connectivity index (χ1v) is 5.58. The Labute approximate surface area is 95.9 Å². The first kappa shape index (κ1) is 10.7. The van der Waals surface area contributed by atoms with Crippen LogP contribution in [-0.4, -0.2) is 9.97 Å². The third-order valence-corrected chi connectivity index (χ3v) is 2.59. The van der Waals surface area contributed by atoms with E-state index in [9.17, 15) is 0 Å². The molecule has 0 radical (unpaired) electrons. The minimum Gasteiger partial charge on any atom is -0.378 e. The molecule has 1 aromatic carbocycles. The van der Waals surface area contributed by atoms with E-state index in [1.54, 1.807) is 6.20 Å². The molecule has 0 spiro atoms. The number of imidazole rings is 1. The van der Waals surface area contributed by atoms with Crippen molar-refractivity contribution in [3.05, 3.63) is 48.0 Å². The molecule has 16 heavy (non-hydrogen) atoms. The van der Waals surface area contributed by atoms with E-state index in [0.717, 1.165) is 18.1 Å². The number of H-pyrrole nitrogens is 1. The standard InChI is InChI=1S/C13H17N3/c1-10(2)11-3-5-12(6-4-11)16-9-13-14-7-8-15-13/h3-8,10,16H,9H2,1-2H3,(H,14,15). The summed E-state index contributed by atoms with van der Waals surface area (Å²) in [5, 5.41) is 3.32. The van der Waals surface area contributed by atoms with Crippen LogP contribution in [0.1, 0.15) is 31.2 Å². The summed E-state index contributed by atoms with van der Waals surface area (Å²) >= 11 is 0. The topological polar surface area (TPSA) is 40.7 Å². The van der Waals surface area contributed by atoms with E-state index < -0.39 is 0 Å². The third-order valence-electron chi connectivity index (χ3n) is 2.59. The van der Waals surface area contributed by atoms with Gasteiger partial charge in [0.25, 0.3) is 0 Å². The summed E-state index contributed by atoms with van der Waals surface area (Å²) in [6.07, 6.45) is 3.59. The van der Waals surface area contributed by atoms with Crippen molar-refractivity contribution in [1.29, 1.82) is 0 Å². The van der Waals surface area contributed by atoms with Crippen LogP contribution in [0.2, 0.25) is 0 Å². The fourth-order valence-corrected chi connectivity index (χ4v) is 1.57. The molecule has 3 heteroatoms. The average molecular weight is 215 g/mol. The zero-order chi connectivity index (χ0) is 11.4. The molecule has 0 aliphatic rings. The van der Waals surface area contributed by atoms with Gasteiger partial charge in [-0.1, -0.05) is 26.0 Å². The maximum Gasteiger partial charge on any atom is 0.125 e. The SMILES string of the molecule is CC(C)c1ccc(NCc2ncc[nH]2)cc1. The van der Waals surface area contributed by atoms with Crippen LogP contribution < -0.4 is 5.32 Å². The van der Waals surface area contributed by atoms with E-state index in [1.807, 2.05) is 6.20 Å². The van der Waals surface area contributed by atoms with Gasteiger partial charge in [0, 0.05) is 18.1 Å². The smallest absolute Gasteiger partial charge is 0.125 e. The molecule has 0 saturated carbocycles. The van der Waals surface area contributed by atoms with Gasteiger partial charge in [0.05, 0.1) is 6.54 Å². The molecule has 0 bridgehead atoms. The van der Waals surface area contributed by atoms with E-state index in [0.29, 0.717) is 5.92 Å². The van der Waals surface area contributed by atoms with E-state index in [4.69, 9.17) is 0 Å². The predicted molar refractivity (Wildman–Crippen MR) is 66.4 cm³/mol. The molecule has 0 aliphatic carbocycles. The second-order valence-corrected chi connectivity index (χ2v) is 4.17. The Bertz CT molecular complexity index is 415. The van der Waals surface area contributed by atoms with Crippen molar-refractivity contribution in [3.8, 4) is 0 Å². The number of anilines is 1. The van der Waals surface area contributed by atoms with Crippen molar-refractivity contribution in [1.82, 2.24) is 9.97 Å². The molecule has 2 N–H and O–H groups in total. The van der Waals surface area contributed by atoms with Crippen LogP contribution in [0, 0.1) is 0 Å². The number of aromatic nitrogens is 2. The number of hydrogen-bond donors (Lipinski definition) is 2. The van der Waals surface area contributed by atoms with Crippen LogP contribution in [0.15, 0.2) is 36.7 Å². The summed E-state index contributed by atoms with van der Waals surface area (Å²) in [4.78, 5) is 7.22. The largest absolute Gasteiger partial charge is 0.378 e. The van der Waals surface area contributed by atoms with Gasteiger partial charge >= 0.3 is 0 Å². The van der Waals surface area contributed by atoms with Crippen molar-refractivity contribution in [3.63, 3.8) is 0 Å². The summed E-state index contributed by atoms with van der Waals surface area (Å²) in [7, 11) is 0. The van der Waals surface area contributed by atoms with Gasteiger partial charge in [-0.05, 0) is 23.6 Å². The summed E-state index contributed by atoms with van der Waals surface area (Å²) < 4.78 is 0. The van der Waals surface area contributed by atoms with Crippen molar-refractivity contribution in [2.75, 3.05) is 5.32 Å². The molecule has 2 aromatic rings. The molecule has 1 heterocycles. The van der Waals surface area contributed by atoms with Gasteiger partial charge in [0.2, 0.25) is 0 Å². The Morgan fingerprint density at radius 2 is 2.00 bits per heavy atom. The highest BCUT2D eigenvalue weighted by molar-refractivity contribution is 5.45. The highest BCUT2D eigenvalue weighted by Gasteiger charge is 1.99. The molecule has 1 aromatic heterocycles. The lowest BCUT2D eigenvalue weighted by Gasteiger charge is -2.08. The molecular formula is C13H17N3. The quantitative estimate of drug-likeness (QED) is 0.822. The number of rotatable bonds is 4. The number of nitrogens with one attached hydrogen (secondary N) is 2. The minimum absolute atomic E-state index is 0.583. The van der Waals surface area contributed by atoms with Crippen LogP contribution in [0.3, 0.4) is 0 Å². The Morgan fingerprint density at radius 1 is 1.25 bits per heavy atom. The zero-order valence-corrected chi connectivity index (χ0v) is 9.70. The van der Waals surface area contributed by atoms with Gasteiger partial charge in [-0.2, -0.15) is 0 Å². The van der Waals surface area contributed by atoms with Crippen LogP contribution >= 0.6 is 0 Å². The maximum absolute atomic E-state index is 4.16. The number of hydrogen-bond acceptors (Lipinski definition) is 2. The summed E-state index contributed by atoms with van der Waals surface area (Å²) in [5.41, 5.74) is 2.49. The van der Waals surface area contributed by atoms with E-state index >= 15 is 0 Å². The Kier molecular flexibility index (Phi) is 3.25. The van der Waals surface area contributed by atoms with E-state index in [-0.39, 0.29) is 0 Å². The first-order chi connectivity index (χ1) is 7.75. The summed E-state index contributed by atoms with van der Waals surface area (Å²) in [6, 6.07) is 8.54. The van der Waals surface area contributed by atoms with Crippen LogP contribution in [0.25, 0.3) is 0 Å². The number of aromatic amines is 1. The molecule has 3 nitrogen and oxygen atoms in total. The monoisotopic (exact) mass is 215 g/mol. The van der Waals surface area contributed by atoms with E-state index in [1.165, 1.54) is 5.56 Å². The van der Waals surface area contributed by atoms with Crippen molar-refractivity contribution in [2.24, 2.45) is 0 Å². The van der Waals surface area contributed by atoms with Crippen LogP contribution in [0.4, 0.5) is 5.69 Å². The molecule has 0 atom stereocenters. The highest BCUT2D eigenvalue weighted by atomic mass is 15.0. The molecular weight excluding hydrogens is 198 g/mol. The van der Waals surface area contributed by atoms with Crippen LogP contribution in [-0.2, 0) is 6.54 Å². The predicted octanol–water partition coefficient (Wildman–Crippen LogP) is 3.15. The van der Waals surface area contributed by atoms with Crippen molar-refractivity contribution < 1.29 is 0 Å².